The minimum Gasteiger partial charge on any atom is -0.369 e. The summed E-state index contributed by atoms with van der Waals surface area (Å²) in [6.45, 7) is 2.75. The maximum atomic E-state index is 11.2. The van der Waals surface area contributed by atoms with Crippen molar-refractivity contribution in [2.45, 2.75) is 25.1 Å². The lowest BCUT2D eigenvalue weighted by atomic mass is 10.2. The second-order valence-corrected chi connectivity index (χ2v) is 4.53. The Morgan fingerprint density at radius 3 is 3.13 bits per heavy atom. The van der Waals surface area contributed by atoms with Crippen LogP contribution in [0, 0.1) is 0 Å². The minimum atomic E-state index is -0.189. The smallest absolute Gasteiger partial charge is 0.267 e. The van der Waals surface area contributed by atoms with E-state index in [9.17, 15) is 4.79 Å². The van der Waals surface area contributed by atoms with Gasteiger partial charge in [0.1, 0.15) is 10.3 Å². The molecule has 0 saturated heterocycles. The first-order chi connectivity index (χ1) is 7.15. The molecule has 1 unspecified atom stereocenters. The fraction of sp³-hybridized carbons (Fsp3) is 0.556. The van der Waals surface area contributed by atoms with Crippen LogP contribution in [0.15, 0.2) is 15.6 Å². The van der Waals surface area contributed by atoms with Gasteiger partial charge in [0.2, 0.25) is 0 Å². The van der Waals surface area contributed by atoms with Crippen molar-refractivity contribution in [2.75, 3.05) is 11.9 Å². The third-order valence-corrected chi connectivity index (χ3v) is 3.25. The van der Waals surface area contributed by atoms with Crippen molar-refractivity contribution in [2.24, 2.45) is 0 Å². The maximum Gasteiger partial charge on any atom is 0.267 e. The number of aromatic amines is 1. The van der Waals surface area contributed by atoms with E-state index in [0.717, 1.165) is 12.8 Å². The van der Waals surface area contributed by atoms with Crippen LogP contribution in [0.4, 0.5) is 5.82 Å². The van der Waals surface area contributed by atoms with E-state index in [2.05, 4.69) is 31.2 Å². The van der Waals surface area contributed by atoms with Gasteiger partial charge < -0.3 is 10.3 Å². The van der Waals surface area contributed by atoms with Gasteiger partial charge in [0.15, 0.2) is 0 Å². The van der Waals surface area contributed by atoms with E-state index in [0.29, 0.717) is 16.8 Å². The molecular formula is C9H13BrClN3O. The molecule has 0 bridgehead atoms. The van der Waals surface area contributed by atoms with Gasteiger partial charge >= 0.3 is 0 Å². The lowest BCUT2D eigenvalue weighted by Gasteiger charge is -2.08. The van der Waals surface area contributed by atoms with Gasteiger partial charge in [-0.25, -0.2) is 4.98 Å². The van der Waals surface area contributed by atoms with E-state index in [1.165, 1.54) is 6.33 Å². The SMILES string of the molecule is CCC(Cl)CCNc1nc[nH]c(=O)c1Br. The molecule has 0 aliphatic carbocycles. The molecule has 1 heterocycles. The number of aromatic nitrogens is 2. The summed E-state index contributed by atoms with van der Waals surface area (Å²) in [7, 11) is 0. The summed E-state index contributed by atoms with van der Waals surface area (Å²) in [6.07, 6.45) is 3.15. The first-order valence-electron chi connectivity index (χ1n) is 4.76. The van der Waals surface area contributed by atoms with E-state index < -0.39 is 0 Å². The minimum absolute atomic E-state index is 0.165. The number of H-pyrrole nitrogens is 1. The highest BCUT2D eigenvalue weighted by Gasteiger charge is 2.05. The summed E-state index contributed by atoms with van der Waals surface area (Å²) < 4.78 is 0.424. The molecule has 0 radical (unpaired) electrons. The van der Waals surface area contributed by atoms with Crippen molar-refractivity contribution in [3.05, 3.63) is 21.2 Å². The molecule has 0 aromatic carbocycles. The van der Waals surface area contributed by atoms with E-state index in [1.54, 1.807) is 0 Å². The molecule has 0 aliphatic rings. The van der Waals surface area contributed by atoms with E-state index in [4.69, 9.17) is 11.6 Å². The van der Waals surface area contributed by atoms with Crippen LogP contribution in [-0.4, -0.2) is 21.9 Å². The van der Waals surface area contributed by atoms with Crippen LogP contribution in [-0.2, 0) is 0 Å². The molecule has 0 spiro atoms. The molecule has 0 aliphatic heterocycles. The van der Waals surface area contributed by atoms with Crippen molar-refractivity contribution in [3.63, 3.8) is 0 Å². The van der Waals surface area contributed by atoms with Gasteiger partial charge in [0.05, 0.1) is 6.33 Å². The number of anilines is 1. The average Bonchev–Trinajstić information content (AvgIpc) is 2.24. The normalized spacial score (nSPS) is 12.5. The largest absolute Gasteiger partial charge is 0.369 e. The summed E-state index contributed by atoms with van der Waals surface area (Å²) in [5.74, 6) is 0.554. The number of hydrogen-bond acceptors (Lipinski definition) is 3. The van der Waals surface area contributed by atoms with Crippen LogP contribution in [0.2, 0.25) is 0 Å². The first-order valence-corrected chi connectivity index (χ1v) is 5.99. The number of hydrogen-bond donors (Lipinski definition) is 2. The molecule has 15 heavy (non-hydrogen) atoms. The Balaban J connectivity index is 2.51. The molecule has 6 heteroatoms. The third-order valence-electron chi connectivity index (χ3n) is 1.99. The van der Waals surface area contributed by atoms with Gasteiger partial charge in [-0.2, -0.15) is 0 Å². The first kappa shape index (κ1) is 12.5. The van der Waals surface area contributed by atoms with Crippen LogP contribution in [0.3, 0.4) is 0 Å². The monoisotopic (exact) mass is 293 g/mol. The van der Waals surface area contributed by atoms with Crippen molar-refractivity contribution >= 4 is 33.3 Å². The lowest BCUT2D eigenvalue weighted by molar-refractivity contribution is 0.751. The Kier molecular flexibility index (Phi) is 5.11. The number of rotatable bonds is 5. The fourth-order valence-electron chi connectivity index (χ4n) is 1.06. The van der Waals surface area contributed by atoms with Gasteiger partial charge in [0.25, 0.3) is 5.56 Å². The van der Waals surface area contributed by atoms with Gasteiger partial charge in [-0.1, -0.05) is 6.92 Å². The predicted molar refractivity (Wildman–Crippen MR) is 65.6 cm³/mol. The van der Waals surface area contributed by atoms with Crippen LogP contribution in [0.1, 0.15) is 19.8 Å². The van der Waals surface area contributed by atoms with Gasteiger partial charge in [-0.05, 0) is 28.8 Å². The quantitative estimate of drug-likeness (QED) is 0.820. The highest BCUT2D eigenvalue weighted by atomic mass is 79.9. The molecule has 1 aromatic heterocycles. The van der Waals surface area contributed by atoms with Crippen molar-refractivity contribution in [3.8, 4) is 0 Å². The second-order valence-electron chi connectivity index (χ2n) is 3.12. The zero-order chi connectivity index (χ0) is 11.3. The Bertz CT molecular complexity index is 369. The molecule has 0 fully saturated rings. The standard InChI is InChI=1S/C9H13BrClN3O/c1-2-6(11)3-4-12-8-7(10)9(15)14-5-13-8/h5-6H,2-4H2,1H3,(H2,12,13,14,15). The molecule has 0 amide bonds. The Labute approximate surface area is 102 Å². The Morgan fingerprint density at radius 1 is 1.73 bits per heavy atom. The molecule has 0 saturated carbocycles. The summed E-state index contributed by atoms with van der Waals surface area (Å²) in [5.41, 5.74) is -0.189. The number of nitrogens with one attached hydrogen (secondary N) is 2. The Hall–Kier alpha value is -0.550. The van der Waals surface area contributed by atoms with E-state index >= 15 is 0 Å². The fourth-order valence-corrected chi connectivity index (χ4v) is 1.52. The molecule has 2 N–H and O–H groups in total. The van der Waals surface area contributed by atoms with Gasteiger partial charge in [-0.15, -0.1) is 11.6 Å². The van der Waals surface area contributed by atoms with Crippen LogP contribution >= 0.6 is 27.5 Å². The summed E-state index contributed by atoms with van der Waals surface area (Å²) in [6, 6.07) is 0. The zero-order valence-electron chi connectivity index (χ0n) is 8.39. The number of alkyl halides is 1. The maximum absolute atomic E-state index is 11.2. The van der Waals surface area contributed by atoms with Gasteiger partial charge in [0, 0.05) is 11.9 Å². The number of halogens is 2. The van der Waals surface area contributed by atoms with Crippen molar-refractivity contribution < 1.29 is 0 Å². The molecule has 1 rings (SSSR count). The summed E-state index contributed by atoms with van der Waals surface area (Å²) >= 11 is 9.13. The second kappa shape index (κ2) is 6.12. The van der Waals surface area contributed by atoms with E-state index in [-0.39, 0.29) is 10.9 Å². The lowest BCUT2D eigenvalue weighted by Crippen LogP contribution is -2.14. The average molecular weight is 295 g/mol. The third kappa shape index (κ3) is 3.83. The van der Waals surface area contributed by atoms with Gasteiger partial charge in [-0.3, -0.25) is 4.79 Å². The molecule has 4 nitrogen and oxygen atoms in total. The Morgan fingerprint density at radius 2 is 2.47 bits per heavy atom. The van der Waals surface area contributed by atoms with Crippen molar-refractivity contribution in [1.82, 2.24) is 9.97 Å². The van der Waals surface area contributed by atoms with Crippen LogP contribution in [0.25, 0.3) is 0 Å². The molecule has 1 aromatic rings. The molecular weight excluding hydrogens is 281 g/mol. The molecule has 84 valence electrons. The van der Waals surface area contributed by atoms with E-state index in [1.807, 2.05) is 6.92 Å². The predicted octanol–water partition coefficient (Wildman–Crippen LogP) is 2.35. The summed E-state index contributed by atoms with van der Waals surface area (Å²) in [4.78, 5) is 17.7. The summed E-state index contributed by atoms with van der Waals surface area (Å²) in [5, 5.41) is 3.22. The number of nitrogens with zero attached hydrogens (tertiary/aromatic N) is 1. The topological polar surface area (TPSA) is 57.8 Å². The zero-order valence-corrected chi connectivity index (χ0v) is 10.7. The highest BCUT2D eigenvalue weighted by Crippen LogP contribution is 2.14. The molecule has 1 atom stereocenters. The van der Waals surface area contributed by atoms with Crippen LogP contribution in [0.5, 0.6) is 0 Å². The highest BCUT2D eigenvalue weighted by molar-refractivity contribution is 9.10. The van der Waals surface area contributed by atoms with Crippen molar-refractivity contribution in [1.29, 1.82) is 0 Å². The van der Waals surface area contributed by atoms with Crippen LogP contribution < -0.4 is 10.9 Å².